The van der Waals surface area contributed by atoms with E-state index in [1.165, 1.54) is 12.1 Å². The predicted octanol–water partition coefficient (Wildman–Crippen LogP) is 17.7. The molecule has 0 radical (unpaired) electrons. The van der Waals surface area contributed by atoms with Gasteiger partial charge in [0.1, 0.15) is 0 Å². The number of para-hydroxylation sites is 4. The molecule has 10 aromatic carbocycles. The van der Waals surface area contributed by atoms with Crippen molar-refractivity contribution in [2.45, 2.75) is 40.8 Å². The van der Waals surface area contributed by atoms with Crippen LogP contribution in [-0.2, 0) is 25.7 Å². The van der Waals surface area contributed by atoms with Crippen LogP contribution in [0.2, 0.25) is 0 Å². The van der Waals surface area contributed by atoms with Gasteiger partial charge in [0.05, 0.1) is 4.11 Å². The fraction of sp³-hybridized carbons (Fsp3) is 0.0959. The first-order valence-corrected chi connectivity index (χ1v) is 27.4. The van der Waals surface area contributed by atoms with Gasteiger partial charge in [-0.25, -0.2) is 0 Å². The Labute approximate surface area is 510 Å². The van der Waals surface area contributed by atoms with Crippen LogP contribution in [0.1, 0.15) is 60.8 Å². The maximum atomic E-state index is 9.91. The van der Waals surface area contributed by atoms with E-state index in [-0.39, 0.29) is 76.8 Å². The van der Waals surface area contributed by atoms with Gasteiger partial charge in [-0.2, -0.15) is 12.1 Å². The van der Waals surface area contributed by atoms with E-state index in [1.54, 1.807) is 113 Å². The SMILES string of the molecule is [2H]c1c([2H])c(C([2H])([2H])[2H])c([2H])c2c1B1N(c3ccccc3)c3ccc[c-]c3N1c1nc(Oc3[c-]c(-n4[c](=[Pt])n(-c5c(-c6ccc(-c7ccccc7)cc6)cc(C([2H])([2H])C(C)C)cc5-c5ccc(C([2H])([2H])[2H])cc5)c5c([2H])c([2H])c([2H])c([2H])c54)ccc3)c(-c3ccccc3)c(C([2H])([2H])[2H])c1-2. The van der Waals surface area contributed by atoms with Gasteiger partial charge < -0.3 is 0 Å². The second-order valence-corrected chi connectivity index (χ2v) is 21.0. The molecule has 0 amide bonds. The Balaban J connectivity index is 1.05. The normalized spacial score (nSPS) is 16.3. The first kappa shape index (κ1) is 34.2. The number of anilines is 4. The van der Waals surface area contributed by atoms with Crippen LogP contribution in [0.4, 0.5) is 22.9 Å². The van der Waals surface area contributed by atoms with Gasteiger partial charge in [0, 0.05) is 9.80 Å². The summed E-state index contributed by atoms with van der Waals surface area (Å²) in [7, 11) is 0. The molecule has 0 aliphatic carbocycles. The molecule has 0 spiro atoms. The number of rotatable bonds is 11. The monoisotopic (exact) mass is 1240 g/mol. The van der Waals surface area contributed by atoms with Crippen LogP contribution in [-0.4, -0.2) is 21.1 Å². The van der Waals surface area contributed by atoms with Crippen molar-refractivity contribution in [2.24, 2.45) is 5.92 Å². The molecule has 0 saturated carbocycles. The number of hydrogen-bond donors (Lipinski definition) is 0. The molecule has 0 fully saturated rings. The fourth-order valence-electron chi connectivity index (χ4n) is 11.1. The number of fused-ring (bicyclic) bond motifs is 9. The maximum absolute atomic E-state index is 9.91. The number of ether oxygens (including phenoxy) is 1. The molecule has 394 valence electrons. The Morgan fingerprint density at radius 3 is 1.98 bits per heavy atom. The number of hydrogen-bond acceptors (Lipinski definition) is 4. The topological polar surface area (TPSA) is 38.5 Å². The number of aromatic nitrogens is 3. The summed E-state index contributed by atoms with van der Waals surface area (Å²) in [5.41, 5.74) is 4.71. The van der Waals surface area contributed by atoms with Crippen molar-refractivity contribution in [3.63, 3.8) is 0 Å². The third-order valence-electron chi connectivity index (χ3n) is 14.5. The minimum atomic E-state index is -3.13. The molecule has 2 aliphatic heterocycles. The van der Waals surface area contributed by atoms with Crippen LogP contribution >= 0.6 is 0 Å². The van der Waals surface area contributed by atoms with Gasteiger partial charge in [-0.1, -0.05) is 35.8 Å². The standard InChI is InChI=1S/C73H56BN5O.Pt/c1-48(2)42-52-44-61(55-35-32-49(3)33-36-55)71(62(45-52)56-39-37-54(38-40-56)53-20-9-6-10-21-53)77-47-76(65-28-15-16-29-66(65)77)59-26-19-27-60(46-59)80-73-69(57-22-11-7-12-23-57)51(5)70-63-43-50(4)34-41-64(63)74-78(58-24-13-8-14-25-58)67-30-17-18-31-68(67)79(74)72(70)75-73;/h6-30,32-41,43-45,48H,42H2,1-5H3;/q-2;/i3D3,4D3,5D3,15D,16D,28D,29D,34D,41D,42D2,43D;. The molecule has 0 N–H and O–H groups in total. The Morgan fingerprint density at radius 1 is 0.630 bits per heavy atom. The average Bonchev–Trinajstić information content (AvgIpc) is 1.70. The van der Waals surface area contributed by atoms with Crippen molar-refractivity contribution in [1.82, 2.24) is 14.1 Å². The van der Waals surface area contributed by atoms with E-state index in [0.29, 0.717) is 45.0 Å². The summed E-state index contributed by atoms with van der Waals surface area (Å²) in [4.78, 5) is 8.84. The van der Waals surface area contributed by atoms with Crippen molar-refractivity contribution in [2.75, 3.05) is 9.62 Å². The first-order chi connectivity index (χ1) is 47.0. The number of benzene rings is 10. The molecule has 12 aromatic rings. The number of aryl methyl sites for hydroxylation is 1. The van der Waals surface area contributed by atoms with Gasteiger partial charge >= 0.3 is 426 Å². The van der Waals surface area contributed by atoms with Crippen molar-refractivity contribution in [1.29, 1.82) is 0 Å². The molecule has 0 saturated heterocycles. The van der Waals surface area contributed by atoms with Crippen LogP contribution in [0.15, 0.2) is 230 Å². The van der Waals surface area contributed by atoms with E-state index < -0.39 is 93.3 Å². The summed E-state index contributed by atoms with van der Waals surface area (Å²) in [5.74, 6) is -1.01. The summed E-state index contributed by atoms with van der Waals surface area (Å²) in [6, 6.07) is 57.5. The third kappa shape index (κ3) is 8.79. The molecule has 14 rings (SSSR count). The number of pyridine rings is 1. The molecule has 81 heavy (non-hydrogen) atoms. The summed E-state index contributed by atoms with van der Waals surface area (Å²) in [6.07, 6.45) is -1.95. The second kappa shape index (κ2) is 20.6. The Kier molecular flexibility index (Phi) is 8.68. The quantitative estimate of drug-likeness (QED) is 0.0956. The summed E-state index contributed by atoms with van der Waals surface area (Å²) in [6.45, 7) is -6.35. The van der Waals surface area contributed by atoms with E-state index in [9.17, 15) is 16.4 Å². The van der Waals surface area contributed by atoms with Gasteiger partial charge in [0.2, 0.25) is 0 Å². The zero-order chi connectivity index (χ0) is 70.3. The Morgan fingerprint density at radius 2 is 1.28 bits per heavy atom. The number of nitrogens with zero attached hydrogens (tertiary/aromatic N) is 5. The minimum absolute atomic E-state index is 0.00348. The van der Waals surface area contributed by atoms with E-state index in [0.717, 1.165) is 11.1 Å². The molecule has 2 aliphatic rings. The third-order valence-corrected chi connectivity index (χ3v) is 15.6. The summed E-state index contributed by atoms with van der Waals surface area (Å²) < 4.78 is 176. The molecule has 0 unspecified atom stereocenters. The predicted molar refractivity (Wildman–Crippen MR) is 330 cm³/mol. The van der Waals surface area contributed by atoms with Crippen LogP contribution in [0.3, 0.4) is 0 Å². The van der Waals surface area contributed by atoms with Crippen molar-refractivity contribution in [3.8, 4) is 78.6 Å². The van der Waals surface area contributed by atoms with Crippen molar-refractivity contribution >= 4 is 46.4 Å². The fourth-order valence-corrected chi connectivity index (χ4v) is 12.2. The Bertz CT molecular complexity index is 5320. The van der Waals surface area contributed by atoms with Crippen LogP contribution < -0.4 is 19.8 Å². The van der Waals surface area contributed by atoms with Gasteiger partial charge in [-0.05, 0) is 19.0 Å². The molecule has 0 atom stereocenters. The summed E-state index contributed by atoms with van der Waals surface area (Å²) >= 11 is 2.05. The summed E-state index contributed by atoms with van der Waals surface area (Å²) in [5, 5.41) is 0. The number of imidazole rings is 1. The molecule has 2 aromatic heterocycles. The second-order valence-electron chi connectivity index (χ2n) is 20.0. The zero-order valence-corrected chi connectivity index (χ0v) is 45.8. The van der Waals surface area contributed by atoms with Gasteiger partial charge in [0.15, 0.2) is 0 Å². The first-order valence-electron chi connectivity index (χ1n) is 35.3. The van der Waals surface area contributed by atoms with Gasteiger partial charge in [-0.3, -0.25) is 0 Å². The van der Waals surface area contributed by atoms with E-state index >= 15 is 0 Å². The van der Waals surface area contributed by atoms with E-state index in [4.69, 9.17) is 17.9 Å². The molecule has 4 heterocycles. The van der Waals surface area contributed by atoms with Crippen molar-refractivity contribution < 1.29 is 48.8 Å². The average molecular weight is 1240 g/mol. The van der Waals surface area contributed by atoms with Crippen molar-refractivity contribution in [3.05, 3.63) is 269 Å². The zero-order valence-electron chi connectivity index (χ0n) is 61.5. The van der Waals surface area contributed by atoms with Gasteiger partial charge in [-0.15, -0.1) is 6.07 Å². The molecular weight excluding hydrogens is 1170 g/mol. The van der Waals surface area contributed by atoms with E-state index in [2.05, 4.69) is 31.5 Å². The Hall–Kier alpha value is -9.03. The van der Waals surface area contributed by atoms with E-state index in [1.807, 2.05) is 95.8 Å². The van der Waals surface area contributed by atoms with Crippen LogP contribution in [0, 0.1) is 42.4 Å². The van der Waals surface area contributed by atoms with Crippen LogP contribution in [0.25, 0.3) is 78.0 Å². The molecule has 0 bridgehead atoms. The molecular formula is C73H56BN5OPt-2. The van der Waals surface area contributed by atoms with Gasteiger partial charge in [0.25, 0.3) is 0 Å². The van der Waals surface area contributed by atoms with Crippen LogP contribution in [0.5, 0.6) is 11.6 Å². The molecule has 6 nitrogen and oxygen atoms in total. The molecule has 8 heteroatoms.